The van der Waals surface area contributed by atoms with Gasteiger partial charge < -0.3 is 5.32 Å². The van der Waals surface area contributed by atoms with Gasteiger partial charge in [0.25, 0.3) is 0 Å². The molecule has 1 amide bonds. The number of carbonyl (C=O) groups excluding carboxylic acids is 1. The number of amides is 1. The van der Waals surface area contributed by atoms with Crippen LogP contribution in [-0.2, 0) is 14.6 Å². The van der Waals surface area contributed by atoms with Gasteiger partial charge >= 0.3 is 0 Å². The molecule has 1 saturated heterocycles. The first-order valence-corrected chi connectivity index (χ1v) is 11.2. The summed E-state index contributed by atoms with van der Waals surface area (Å²) in [6.45, 7) is 5.89. The zero-order valence-corrected chi connectivity index (χ0v) is 16.7. The summed E-state index contributed by atoms with van der Waals surface area (Å²) in [5.74, 6) is 0.0247. The Morgan fingerprint density at radius 1 is 1.38 bits per heavy atom. The van der Waals surface area contributed by atoms with Gasteiger partial charge in [0.2, 0.25) is 5.91 Å². The molecule has 3 rings (SSSR count). The van der Waals surface area contributed by atoms with Gasteiger partial charge in [0.05, 0.1) is 22.4 Å². The van der Waals surface area contributed by atoms with Gasteiger partial charge in [-0.05, 0) is 44.4 Å². The molecule has 1 fully saturated rings. The van der Waals surface area contributed by atoms with E-state index in [9.17, 15) is 13.2 Å². The maximum atomic E-state index is 12.4. The molecule has 1 aromatic carbocycles. The Morgan fingerprint density at radius 3 is 2.85 bits per heavy atom. The average Bonchev–Trinajstić information content (AvgIpc) is 3.15. The van der Waals surface area contributed by atoms with Crippen LogP contribution in [0.15, 0.2) is 35.7 Å². The van der Waals surface area contributed by atoms with E-state index < -0.39 is 9.84 Å². The van der Waals surface area contributed by atoms with Crippen molar-refractivity contribution in [3.05, 3.63) is 41.7 Å². The number of carbonyl (C=O) groups is 1. The minimum Gasteiger partial charge on any atom is -0.351 e. The first-order valence-electron chi connectivity index (χ1n) is 8.53. The van der Waals surface area contributed by atoms with Crippen LogP contribution in [0.25, 0.3) is 5.69 Å². The van der Waals surface area contributed by atoms with Crippen molar-refractivity contribution in [2.75, 3.05) is 11.5 Å². The van der Waals surface area contributed by atoms with Crippen molar-refractivity contribution in [2.24, 2.45) is 0 Å². The lowest BCUT2D eigenvalue weighted by Crippen LogP contribution is -2.40. The van der Waals surface area contributed by atoms with Crippen LogP contribution in [0.4, 0.5) is 0 Å². The van der Waals surface area contributed by atoms with Crippen LogP contribution in [0.2, 0.25) is 0 Å². The molecule has 2 atom stereocenters. The van der Waals surface area contributed by atoms with Crippen molar-refractivity contribution in [3.8, 4) is 5.69 Å². The first kappa shape index (κ1) is 19.0. The molecular weight excluding hydrogens is 370 g/mol. The predicted octanol–water partition coefficient (Wildman–Crippen LogP) is 2.27. The van der Waals surface area contributed by atoms with Crippen molar-refractivity contribution >= 4 is 27.5 Å². The number of sulfone groups is 1. The summed E-state index contributed by atoms with van der Waals surface area (Å²) in [5, 5.41) is 3.22. The van der Waals surface area contributed by atoms with Gasteiger partial charge in [-0.25, -0.2) is 13.4 Å². The van der Waals surface area contributed by atoms with Crippen LogP contribution in [0, 0.1) is 13.8 Å². The largest absolute Gasteiger partial charge is 0.351 e. The van der Waals surface area contributed by atoms with Gasteiger partial charge in [-0.1, -0.05) is 23.9 Å². The second kappa shape index (κ2) is 7.44. The molecule has 0 unspecified atom stereocenters. The normalized spacial score (nSPS) is 20.0. The van der Waals surface area contributed by atoms with E-state index in [1.807, 2.05) is 31.5 Å². The zero-order valence-electron chi connectivity index (χ0n) is 15.1. The molecule has 2 heterocycles. The lowest BCUT2D eigenvalue weighted by molar-refractivity contribution is -0.120. The molecule has 0 radical (unpaired) electrons. The Labute approximate surface area is 158 Å². The number of benzene rings is 1. The van der Waals surface area contributed by atoms with Crippen LogP contribution in [-0.4, -0.2) is 46.7 Å². The van der Waals surface area contributed by atoms with Gasteiger partial charge in [-0.15, -0.1) is 0 Å². The average molecular weight is 394 g/mol. The van der Waals surface area contributed by atoms with E-state index in [1.54, 1.807) is 6.20 Å². The fourth-order valence-corrected chi connectivity index (χ4v) is 5.54. The Morgan fingerprint density at radius 2 is 2.15 bits per heavy atom. The van der Waals surface area contributed by atoms with E-state index >= 15 is 0 Å². The molecule has 2 aromatic rings. The summed E-state index contributed by atoms with van der Waals surface area (Å²) < 4.78 is 25.1. The summed E-state index contributed by atoms with van der Waals surface area (Å²) in [5.41, 5.74) is 3.33. The Balaban J connectivity index is 1.71. The number of hydrogen-bond acceptors (Lipinski definition) is 5. The summed E-state index contributed by atoms with van der Waals surface area (Å²) in [4.78, 5) is 16.8. The predicted molar refractivity (Wildman–Crippen MR) is 104 cm³/mol. The highest BCUT2D eigenvalue weighted by Crippen LogP contribution is 2.27. The second-order valence-corrected chi connectivity index (χ2v) is 10.3. The van der Waals surface area contributed by atoms with E-state index in [2.05, 4.69) is 28.5 Å². The van der Waals surface area contributed by atoms with Crippen molar-refractivity contribution in [1.82, 2.24) is 14.9 Å². The molecule has 0 aliphatic carbocycles. The third kappa shape index (κ3) is 4.29. The highest BCUT2D eigenvalue weighted by Gasteiger charge is 2.30. The molecule has 26 heavy (non-hydrogen) atoms. The highest BCUT2D eigenvalue weighted by molar-refractivity contribution is 8.00. The van der Waals surface area contributed by atoms with Gasteiger partial charge in [-0.3, -0.25) is 9.36 Å². The number of imidazole rings is 1. The van der Waals surface area contributed by atoms with Crippen LogP contribution in [0.5, 0.6) is 0 Å². The van der Waals surface area contributed by atoms with Crippen LogP contribution in [0.1, 0.15) is 24.5 Å². The van der Waals surface area contributed by atoms with Crippen molar-refractivity contribution < 1.29 is 13.2 Å². The second-order valence-electron chi connectivity index (χ2n) is 6.74. The third-order valence-corrected chi connectivity index (χ3v) is 7.31. The molecule has 1 aliphatic heterocycles. The SMILES string of the molecule is Cc1ccc(C)c(-n2ccnc2S[C@@H](C)C(=O)N[C@H]2CCS(=O)(=O)C2)c1. The number of nitrogens with zero attached hydrogens (tertiary/aromatic N) is 2. The summed E-state index contributed by atoms with van der Waals surface area (Å²) in [6, 6.07) is 5.94. The number of rotatable bonds is 5. The molecule has 1 aromatic heterocycles. The van der Waals surface area contributed by atoms with Crippen molar-refractivity contribution in [2.45, 2.75) is 43.6 Å². The Bertz CT molecular complexity index is 922. The maximum Gasteiger partial charge on any atom is 0.233 e. The fourth-order valence-electron chi connectivity index (χ4n) is 2.98. The smallest absolute Gasteiger partial charge is 0.233 e. The number of aryl methyl sites for hydroxylation is 2. The quantitative estimate of drug-likeness (QED) is 0.788. The molecule has 0 bridgehead atoms. The minimum absolute atomic E-state index is 0.0350. The zero-order chi connectivity index (χ0) is 18.9. The molecule has 1 aliphatic rings. The Kier molecular flexibility index (Phi) is 5.43. The Hall–Kier alpha value is -1.80. The highest BCUT2D eigenvalue weighted by atomic mass is 32.2. The minimum atomic E-state index is -3.01. The van der Waals surface area contributed by atoms with Crippen LogP contribution in [0.3, 0.4) is 0 Å². The van der Waals surface area contributed by atoms with Gasteiger partial charge in [0.1, 0.15) is 0 Å². The van der Waals surface area contributed by atoms with E-state index in [0.717, 1.165) is 22.0 Å². The van der Waals surface area contributed by atoms with Crippen molar-refractivity contribution in [1.29, 1.82) is 0 Å². The van der Waals surface area contributed by atoms with Crippen LogP contribution >= 0.6 is 11.8 Å². The van der Waals surface area contributed by atoms with Gasteiger partial charge in [-0.2, -0.15) is 0 Å². The lowest BCUT2D eigenvalue weighted by atomic mass is 10.1. The maximum absolute atomic E-state index is 12.4. The van der Waals surface area contributed by atoms with Crippen LogP contribution < -0.4 is 5.32 Å². The molecular formula is C18H23N3O3S2. The van der Waals surface area contributed by atoms with E-state index in [-0.39, 0.29) is 28.7 Å². The molecule has 8 heteroatoms. The molecule has 140 valence electrons. The van der Waals surface area contributed by atoms with Crippen molar-refractivity contribution in [3.63, 3.8) is 0 Å². The molecule has 0 saturated carbocycles. The van der Waals surface area contributed by atoms with Gasteiger partial charge in [0, 0.05) is 18.4 Å². The molecule has 1 N–H and O–H groups in total. The number of aromatic nitrogens is 2. The van der Waals surface area contributed by atoms with E-state index in [0.29, 0.717) is 6.42 Å². The summed E-state index contributed by atoms with van der Waals surface area (Å²) >= 11 is 1.37. The fraction of sp³-hybridized carbons (Fsp3) is 0.444. The van der Waals surface area contributed by atoms with Gasteiger partial charge in [0.15, 0.2) is 15.0 Å². The lowest BCUT2D eigenvalue weighted by Gasteiger charge is -2.17. The standard InChI is InChI=1S/C18H23N3O3S2/c1-12-4-5-13(2)16(10-12)21-8-7-19-18(21)25-14(3)17(22)20-15-6-9-26(23,24)11-15/h4-5,7-8,10,14-15H,6,9,11H2,1-3H3,(H,20,22)/t14-,15-/m0/s1. The summed E-state index contributed by atoms with van der Waals surface area (Å²) in [7, 11) is -3.01. The molecule has 6 nitrogen and oxygen atoms in total. The van der Waals surface area contributed by atoms with E-state index in [4.69, 9.17) is 0 Å². The number of thioether (sulfide) groups is 1. The number of nitrogens with one attached hydrogen (secondary N) is 1. The third-order valence-electron chi connectivity index (χ3n) is 4.46. The monoisotopic (exact) mass is 393 g/mol. The summed E-state index contributed by atoms with van der Waals surface area (Å²) in [6.07, 6.45) is 4.10. The van der Waals surface area contributed by atoms with E-state index in [1.165, 1.54) is 11.8 Å². The topological polar surface area (TPSA) is 81.1 Å². The first-order chi connectivity index (χ1) is 12.2. The molecule has 0 spiro atoms. The number of hydrogen-bond donors (Lipinski definition) is 1.